The predicted molar refractivity (Wildman–Crippen MR) is 53.8 cm³/mol. The fraction of sp³-hybridized carbons (Fsp3) is 0.300. The monoisotopic (exact) mass is 231 g/mol. The van der Waals surface area contributed by atoms with Gasteiger partial charge in [-0.3, -0.25) is 4.79 Å². The summed E-state index contributed by atoms with van der Waals surface area (Å²) in [5.41, 5.74) is 0.381. The Morgan fingerprint density at radius 3 is 2.87 bits per heavy atom. The lowest BCUT2D eigenvalue weighted by Crippen LogP contribution is -2.28. The van der Waals surface area contributed by atoms with E-state index in [1.807, 2.05) is 0 Å². The van der Waals surface area contributed by atoms with Gasteiger partial charge < -0.3 is 5.32 Å². The summed E-state index contributed by atoms with van der Waals surface area (Å²) in [6.45, 7) is 0.0768. The number of ketones is 1. The Hall–Kier alpha value is -1.16. The highest BCUT2D eigenvalue weighted by Crippen LogP contribution is 2.32. The summed E-state index contributed by atoms with van der Waals surface area (Å²) in [5, 5.41) is 3.06. The van der Waals surface area contributed by atoms with Crippen molar-refractivity contribution in [2.24, 2.45) is 0 Å². The van der Waals surface area contributed by atoms with Gasteiger partial charge in [-0.15, -0.1) is 0 Å². The summed E-state index contributed by atoms with van der Waals surface area (Å²) in [7, 11) is 0. The van der Waals surface area contributed by atoms with Crippen molar-refractivity contribution in [2.75, 3.05) is 11.9 Å². The van der Waals surface area contributed by atoms with Crippen LogP contribution in [0, 0.1) is 0 Å². The summed E-state index contributed by atoms with van der Waals surface area (Å²) < 4.78 is 26.5. The number of hydrogen-bond acceptors (Lipinski definition) is 2. The average molecular weight is 232 g/mol. The molecule has 0 saturated heterocycles. The second-order valence-corrected chi connectivity index (χ2v) is 3.84. The van der Waals surface area contributed by atoms with E-state index in [1.165, 1.54) is 12.1 Å². The molecule has 1 aliphatic rings. The van der Waals surface area contributed by atoms with Crippen LogP contribution in [0.25, 0.3) is 0 Å². The third-order valence-corrected chi connectivity index (χ3v) is 2.55. The number of alkyl halides is 2. The highest BCUT2D eigenvalue weighted by molar-refractivity contribution is 6.31. The minimum Gasteiger partial charge on any atom is -0.384 e. The quantitative estimate of drug-likeness (QED) is 0.744. The molecule has 0 saturated carbocycles. The number of hydrogen-bond donors (Lipinski definition) is 1. The van der Waals surface area contributed by atoms with Gasteiger partial charge in [0, 0.05) is 29.2 Å². The Bertz CT molecular complexity index is 420. The molecule has 2 rings (SSSR count). The van der Waals surface area contributed by atoms with Crippen LogP contribution in [0.5, 0.6) is 0 Å². The first-order valence-corrected chi connectivity index (χ1v) is 4.84. The van der Waals surface area contributed by atoms with Crippen LogP contribution >= 0.6 is 11.6 Å². The van der Waals surface area contributed by atoms with E-state index in [0.29, 0.717) is 5.69 Å². The number of nitrogens with one attached hydrogen (secondary N) is 1. The topological polar surface area (TPSA) is 29.1 Å². The van der Waals surface area contributed by atoms with E-state index in [1.54, 1.807) is 6.07 Å². The Labute approximate surface area is 90.2 Å². The van der Waals surface area contributed by atoms with Crippen LogP contribution in [0.2, 0.25) is 5.02 Å². The molecule has 15 heavy (non-hydrogen) atoms. The molecule has 1 N–H and O–H groups in total. The number of anilines is 1. The highest BCUT2D eigenvalue weighted by Gasteiger charge is 2.41. The number of carbonyl (C=O) groups is 1. The van der Waals surface area contributed by atoms with Crippen molar-refractivity contribution in [3.8, 4) is 0 Å². The van der Waals surface area contributed by atoms with Crippen LogP contribution in [-0.2, 0) is 0 Å². The molecule has 0 spiro atoms. The van der Waals surface area contributed by atoms with Gasteiger partial charge in [-0.05, 0) is 18.2 Å². The molecular weight excluding hydrogens is 224 g/mol. The van der Waals surface area contributed by atoms with Gasteiger partial charge in [-0.1, -0.05) is 11.6 Å². The lowest BCUT2D eigenvalue weighted by atomic mass is 10.0. The highest BCUT2D eigenvalue weighted by atomic mass is 35.5. The zero-order chi connectivity index (χ0) is 11.1. The molecule has 0 unspecified atom stereocenters. The van der Waals surface area contributed by atoms with Crippen LogP contribution < -0.4 is 5.32 Å². The largest absolute Gasteiger partial charge is 0.384 e. The van der Waals surface area contributed by atoms with E-state index in [2.05, 4.69) is 5.32 Å². The third kappa shape index (κ3) is 1.81. The lowest BCUT2D eigenvalue weighted by molar-refractivity contribution is 0.00810. The van der Waals surface area contributed by atoms with E-state index in [0.717, 1.165) is 0 Å². The van der Waals surface area contributed by atoms with Crippen molar-refractivity contribution in [1.82, 2.24) is 0 Å². The maximum absolute atomic E-state index is 13.2. The Balaban J connectivity index is 2.54. The first kappa shape index (κ1) is 10.4. The van der Waals surface area contributed by atoms with E-state index in [9.17, 15) is 13.6 Å². The minimum atomic E-state index is -3.30. The summed E-state index contributed by atoms with van der Waals surface area (Å²) in [6.07, 6.45) is -0.488. The minimum absolute atomic E-state index is 0.0370. The molecule has 0 bridgehead atoms. The van der Waals surface area contributed by atoms with Gasteiger partial charge in [-0.25, -0.2) is 0 Å². The van der Waals surface area contributed by atoms with Gasteiger partial charge in [0.15, 0.2) is 0 Å². The molecule has 1 aromatic carbocycles. The molecule has 5 heteroatoms. The summed E-state index contributed by atoms with van der Waals surface area (Å²) in [6, 6.07) is 4.37. The van der Waals surface area contributed by atoms with Crippen LogP contribution in [0.1, 0.15) is 16.8 Å². The van der Waals surface area contributed by atoms with E-state index >= 15 is 0 Å². The first-order valence-electron chi connectivity index (χ1n) is 4.47. The molecule has 0 aromatic heterocycles. The summed E-state index contributed by atoms with van der Waals surface area (Å²) >= 11 is 5.66. The SMILES string of the molecule is O=C1c2cc(Cl)ccc2NCCC1(F)F. The molecule has 1 aliphatic heterocycles. The van der Waals surface area contributed by atoms with Crippen molar-refractivity contribution in [1.29, 1.82) is 0 Å². The standard InChI is InChI=1S/C10H8ClF2NO/c11-6-1-2-8-7(5-6)9(15)10(12,13)3-4-14-8/h1-2,5,14H,3-4H2. The number of carbonyl (C=O) groups excluding carboxylic acids is 1. The van der Waals surface area contributed by atoms with E-state index in [4.69, 9.17) is 11.6 Å². The Morgan fingerprint density at radius 2 is 2.13 bits per heavy atom. The molecule has 0 fully saturated rings. The van der Waals surface area contributed by atoms with Crippen LogP contribution in [0.15, 0.2) is 18.2 Å². The molecule has 2 nitrogen and oxygen atoms in total. The van der Waals surface area contributed by atoms with Crippen LogP contribution in [0.3, 0.4) is 0 Å². The van der Waals surface area contributed by atoms with Crippen molar-refractivity contribution in [3.63, 3.8) is 0 Å². The maximum atomic E-state index is 13.2. The molecule has 1 heterocycles. The fourth-order valence-corrected chi connectivity index (χ4v) is 1.70. The van der Waals surface area contributed by atoms with Gasteiger partial charge in [0.2, 0.25) is 5.78 Å². The third-order valence-electron chi connectivity index (χ3n) is 2.31. The molecule has 0 radical (unpaired) electrons. The number of rotatable bonds is 0. The van der Waals surface area contributed by atoms with Gasteiger partial charge >= 0.3 is 5.92 Å². The van der Waals surface area contributed by atoms with Crippen molar-refractivity contribution in [2.45, 2.75) is 12.3 Å². The molecule has 80 valence electrons. The normalized spacial score (nSPS) is 19.0. The molecule has 0 aliphatic carbocycles. The molecular formula is C10H8ClF2NO. The molecule has 1 aromatic rings. The first-order chi connectivity index (χ1) is 7.00. The van der Waals surface area contributed by atoms with Gasteiger partial charge in [-0.2, -0.15) is 8.78 Å². The smallest absolute Gasteiger partial charge is 0.311 e. The van der Waals surface area contributed by atoms with Crippen molar-refractivity contribution < 1.29 is 13.6 Å². The number of fused-ring (bicyclic) bond motifs is 1. The lowest BCUT2D eigenvalue weighted by Gasteiger charge is -2.11. The van der Waals surface area contributed by atoms with Crippen molar-refractivity contribution in [3.05, 3.63) is 28.8 Å². The zero-order valence-electron chi connectivity index (χ0n) is 7.69. The van der Waals surface area contributed by atoms with Gasteiger partial charge in [0.25, 0.3) is 0 Å². The van der Waals surface area contributed by atoms with Crippen LogP contribution in [-0.4, -0.2) is 18.3 Å². The number of benzene rings is 1. The van der Waals surface area contributed by atoms with Crippen molar-refractivity contribution >= 4 is 23.1 Å². The van der Waals surface area contributed by atoms with Gasteiger partial charge in [0.05, 0.1) is 0 Å². The van der Waals surface area contributed by atoms with Crippen LogP contribution in [0.4, 0.5) is 14.5 Å². The second-order valence-electron chi connectivity index (χ2n) is 3.40. The number of Topliss-reactive ketones (excluding diaryl/α,β-unsaturated/α-hetero) is 1. The summed E-state index contributed by atoms with van der Waals surface area (Å²) in [5.74, 6) is -4.46. The molecule has 0 atom stereocenters. The fourth-order valence-electron chi connectivity index (χ4n) is 1.52. The van der Waals surface area contributed by atoms with E-state index in [-0.39, 0.29) is 17.1 Å². The van der Waals surface area contributed by atoms with Gasteiger partial charge in [0.1, 0.15) is 0 Å². The summed E-state index contributed by atoms with van der Waals surface area (Å²) in [4.78, 5) is 11.5. The number of halogens is 3. The van der Waals surface area contributed by atoms with E-state index < -0.39 is 18.1 Å². The average Bonchev–Trinajstić information content (AvgIpc) is 2.27. The second kappa shape index (κ2) is 3.45. The zero-order valence-corrected chi connectivity index (χ0v) is 8.44. The Kier molecular flexibility index (Phi) is 2.38. The molecule has 0 amide bonds. The predicted octanol–water partition coefficient (Wildman–Crippen LogP) is 2.97. The maximum Gasteiger partial charge on any atom is 0.311 e. The Morgan fingerprint density at radius 1 is 1.40 bits per heavy atom.